The van der Waals surface area contributed by atoms with Crippen LogP contribution in [-0.2, 0) is 0 Å². The van der Waals surface area contributed by atoms with Crippen LogP contribution < -0.4 is 20.9 Å². The lowest BCUT2D eigenvalue weighted by Crippen LogP contribution is -2.24. The molecule has 0 aliphatic carbocycles. The number of aromatic nitrogens is 3. The normalized spacial score (nSPS) is 19.4. The summed E-state index contributed by atoms with van der Waals surface area (Å²) >= 11 is 0. The molecule has 0 spiro atoms. The molecule has 0 saturated carbocycles. The summed E-state index contributed by atoms with van der Waals surface area (Å²) in [6.45, 7) is 7.98. The van der Waals surface area contributed by atoms with Crippen molar-refractivity contribution in [1.82, 2.24) is 15.0 Å². The summed E-state index contributed by atoms with van der Waals surface area (Å²) in [5.41, 5.74) is 2.45. The highest BCUT2D eigenvalue weighted by Gasteiger charge is 2.22. The van der Waals surface area contributed by atoms with E-state index in [4.69, 9.17) is 10.6 Å². The first-order valence-corrected chi connectivity index (χ1v) is 6.22. The van der Waals surface area contributed by atoms with Crippen molar-refractivity contribution in [3.05, 3.63) is 0 Å². The molecule has 0 bridgehead atoms. The third-order valence-electron chi connectivity index (χ3n) is 2.78. The number of nitrogens with zero attached hydrogens (tertiary/aromatic N) is 4. The number of rotatable bonds is 4. The van der Waals surface area contributed by atoms with Crippen LogP contribution in [0.2, 0.25) is 0 Å². The largest absolute Gasteiger partial charge is 0.461 e. The van der Waals surface area contributed by atoms with Gasteiger partial charge >= 0.3 is 6.01 Å². The molecule has 1 fully saturated rings. The number of hydrogen-bond donors (Lipinski definition) is 2. The van der Waals surface area contributed by atoms with Gasteiger partial charge in [0, 0.05) is 13.1 Å². The lowest BCUT2D eigenvalue weighted by atomic mass is 10.2. The fourth-order valence-corrected chi connectivity index (χ4v) is 1.93. The number of ether oxygens (including phenoxy) is 1. The Morgan fingerprint density at radius 2 is 2.17 bits per heavy atom. The number of hydrazine groups is 1. The van der Waals surface area contributed by atoms with E-state index in [2.05, 4.69) is 32.2 Å². The number of nitrogens with two attached hydrogens (primary N) is 1. The Morgan fingerprint density at radius 3 is 2.72 bits per heavy atom. The van der Waals surface area contributed by atoms with Crippen LogP contribution in [0.5, 0.6) is 6.01 Å². The summed E-state index contributed by atoms with van der Waals surface area (Å²) in [5.74, 6) is 6.98. The van der Waals surface area contributed by atoms with Gasteiger partial charge in [-0.25, -0.2) is 5.84 Å². The van der Waals surface area contributed by atoms with E-state index < -0.39 is 0 Å². The molecule has 1 aliphatic rings. The lowest BCUT2D eigenvalue weighted by molar-refractivity contribution is 0.222. The van der Waals surface area contributed by atoms with E-state index in [1.54, 1.807) is 0 Å². The van der Waals surface area contributed by atoms with E-state index in [1.165, 1.54) is 0 Å². The van der Waals surface area contributed by atoms with Gasteiger partial charge in [-0.05, 0) is 26.2 Å². The highest BCUT2D eigenvalue weighted by molar-refractivity contribution is 5.38. The van der Waals surface area contributed by atoms with Crippen LogP contribution in [-0.4, -0.2) is 34.1 Å². The number of hydrogen-bond acceptors (Lipinski definition) is 7. The number of nitrogens with one attached hydrogen (secondary N) is 1. The molecule has 1 saturated heterocycles. The molecule has 18 heavy (non-hydrogen) atoms. The quantitative estimate of drug-likeness (QED) is 0.605. The van der Waals surface area contributed by atoms with Crippen molar-refractivity contribution in [2.24, 2.45) is 11.8 Å². The van der Waals surface area contributed by atoms with Crippen molar-refractivity contribution in [2.75, 3.05) is 23.4 Å². The third kappa shape index (κ3) is 2.98. The summed E-state index contributed by atoms with van der Waals surface area (Å²) < 4.78 is 5.50. The molecule has 2 rings (SSSR count). The Kier molecular flexibility index (Phi) is 3.81. The molecule has 0 amide bonds. The van der Waals surface area contributed by atoms with Gasteiger partial charge in [-0.15, -0.1) is 0 Å². The first-order valence-electron chi connectivity index (χ1n) is 6.22. The second-order valence-electron chi connectivity index (χ2n) is 4.89. The number of nitrogen functional groups attached to an aromatic ring is 1. The first-order chi connectivity index (χ1) is 8.58. The van der Waals surface area contributed by atoms with Crippen LogP contribution in [0.15, 0.2) is 0 Å². The van der Waals surface area contributed by atoms with Gasteiger partial charge in [0.15, 0.2) is 0 Å². The first kappa shape index (κ1) is 12.8. The average molecular weight is 252 g/mol. The highest BCUT2D eigenvalue weighted by atomic mass is 16.5. The zero-order valence-electron chi connectivity index (χ0n) is 11.1. The molecule has 1 aliphatic heterocycles. The van der Waals surface area contributed by atoms with Gasteiger partial charge in [0.1, 0.15) is 0 Å². The molecule has 0 aromatic carbocycles. The monoisotopic (exact) mass is 252 g/mol. The van der Waals surface area contributed by atoms with Crippen LogP contribution in [0, 0.1) is 5.92 Å². The molecule has 1 aromatic rings. The number of anilines is 2. The van der Waals surface area contributed by atoms with E-state index in [-0.39, 0.29) is 6.10 Å². The standard InChI is InChI=1S/C11H20N6O/c1-7(2)18-11-14-9(16-12)13-10(15-11)17-5-4-8(3)6-17/h7-8H,4-6,12H2,1-3H3,(H,13,14,15,16). The molecule has 0 radical (unpaired) electrons. The predicted octanol–water partition coefficient (Wildman–Crippen LogP) is 0.791. The van der Waals surface area contributed by atoms with Gasteiger partial charge in [-0.1, -0.05) is 6.92 Å². The zero-order valence-corrected chi connectivity index (χ0v) is 11.1. The van der Waals surface area contributed by atoms with Gasteiger partial charge in [-0.3, -0.25) is 5.43 Å². The van der Waals surface area contributed by atoms with E-state index >= 15 is 0 Å². The van der Waals surface area contributed by atoms with E-state index in [0.717, 1.165) is 19.5 Å². The highest BCUT2D eigenvalue weighted by Crippen LogP contribution is 2.22. The van der Waals surface area contributed by atoms with Crippen LogP contribution in [0.1, 0.15) is 27.2 Å². The van der Waals surface area contributed by atoms with Crippen molar-refractivity contribution >= 4 is 11.9 Å². The summed E-state index contributed by atoms with van der Waals surface area (Å²) in [6.07, 6.45) is 1.17. The second kappa shape index (κ2) is 5.34. The van der Waals surface area contributed by atoms with Gasteiger partial charge in [0.25, 0.3) is 0 Å². The fraction of sp³-hybridized carbons (Fsp3) is 0.727. The molecular weight excluding hydrogens is 232 g/mol. The Bertz CT molecular complexity index is 411. The Labute approximate surface area is 107 Å². The molecule has 1 atom stereocenters. The van der Waals surface area contributed by atoms with Crippen LogP contribution in [0.4, 0.5) is 11.9 Å². The topological polar surface area (TPSA) is 89.2 Å². The van der Waals surface area contributed by atoms with Crippen LogP contribution in [0.25, 0.3) is 0 Å². The molecule has 1 unspecified atom stereocenters. The minimum absolute atomic E-state index is 0.0170. The van der Waals surface area contributed by atoms with Gasteiger partial charge < -0.3 is 9.64 Å². The van der Waals surface area contributed by atoms with Crippen molar-refractivity contribution in [2.45, 2.75) is 33.3 Å². The Balaban J connectivity index is 2.23. The van der Waals surface area contributed by atoms with Gasteiger partial charge in [0.05, 0.1) is 6.10 Å². The van der Waals surface area contributed by atoms with Crippen LogP contribution >= 0.6 is 0 Å². The van der Waals surface area contributed by atoms with Gasteiger partial charge in [-0.2, -0.15) is 15.0 Å². The van der Waals surface area contributed by atoms with E-state index in [0.29, 0.717) is 23.8 Å². The molecular formula is C11H20N6O. The molecule has 7 nitrogen and oxygen atoms in total. The Morgan fingerprint density at radius 1 is 1.39 bits per heavy atom. The Hall–Kier alpha value is -1.63. The second-order valence-corrected chi connectivity index (χ2v) is 4.89. The average Bonchev–Trinajstić information content (AvgIpc) is 2.74. The minimum Gasteiger partial charge on any atom is -0.461 e. The minimum atomic E-state index is 0.0170. The van der Waals surface area contributed by atoms with Crippen molar-refractivity contribution in [3.8, 4) is 6.01 Å². The third-order valence-corrected chi connectivity index (χ3v) is 2.78. The van der Waals surface area contributed by atoms with Crippen molar-refractivity contribution in [1.29, 1.82) is 0 Å². The molecule has 1 aromatic heterocycles. The summed E-state index contributed by atoms with van der Waals surface area (Å²) in [5, 5.41) is 0. The summed E-state index contributed by atoms with van der Waals surface area (Å²) in [6, 6.07) is 0.308. The molecule has 3 N–H and O–H groups in total. The summed E-state index contributed by atoms with van der Waals surface area (Å²) in [4.78, 5) is 14.8. The van der Waals surface area contributed by atoms with Gasteiger partial charge in [0.2, 0.25) is 11.9 Å². The molecule has 7 heteroatoms. The van der Waals surface area contributed by atoms with Crippen molar-refractivity contribution in [3.63, 3.8) is 0 Å². The van der Waals surface area contributed by atoms with Crippen LogP contribution in [0.3, 0.4) is 0 Å². The van der Waals surface area contributed by atoms with Crippen molar-refractivity contribution < 1.29 is 4.74 Å². The molecule has 2 heterocycles. The predicted molar refractivity (Wildman–Crippen MR) is 69.4 cm³/mol. The van der Waals surface area contributed by atoms with E-state index in [9.17, 15) is 0 Å². The summed E-state index contributed by atoms with van der Waals surface area (Å²) in [7, 11) is 0. The lowest BCUT2D eigenvalue weighted by Gasteiger charge is -2.17. The zero-order chi connectivity index (χ0) is 13.1. The van der Waals surface area contributed by atoms with E-state index in [1.807, 2.05) is 13.8 Å². The SMILES string of the molecule is CC1CCN(c2nc(NN)nc(OC(C)C)n2)C1. The fourth-order valence-electron chi connectivity index (χ4n) is 1.93. The maximum atomic E-state index is 5.50. The maximum absolute atomic E-state index is 5.50. The smallest absolute Gasteiger partial charge is 0.323 e. The maximum Gasteiger partial charge on any atom is 0.323 e. The molecule has 100 valence electrons.